The largest absolute Gasteiger partial charge is 0.350 e. The standard InChI is InChI=1S/C15H15ClN2OS/c1-9-18-12(8-20-9)7-17-15(19)14-6-13(14)10-2-4-11(16)5-3-10/h2-5,8,13-14H,6-7H2,1H3,(H,17,19)/t13-,14+/m0/s1. The van der Waals surface area contributed by atoms with Gasteiger partial charge in [-0.25, -0.2) is 4.98 Å². The van der Waals surface area contributed by atoms with Crippen molar-refractivity contribution in [2.24, 2.45) is 5.92 Å². The zero-order chi connectivity index (χ0) is 14.1. The molecule has 1 aromatic heterocycles. The van der Waals surface area contributed by atoms with Gasteiger partial charge < -0.3 is 5.32 Å². The van der Waals surface area contributed by atoms with Crippen LogP contribution in [0.2, 0.25) is 5.02 Å². The molecule has 3 nitrogen and oxygen atoms in total. The van der Waals surface area contributed by atoms with Crippen molar-refractivity contribution in [2.75, 3.05) is 0 Å². The summed E-state index contributed by atoms with van der Waals surface area (Å²) in [4.78, 5) is 16.4. The van der Waals surface area contributed by atoms with Crippen LogP contribution in [-0.4, -0.2) is 10.9 Å². The highest BCUT2D eigenvalue weighted by atomic mass is 35.5. The number of nitrogens with one attached hydrogen (secondary N) is 1. The first kappa shape index (κ1) is 13.6. The van der Waals surface area contributed by atoms with E-state index in [-0.39, 0.29) is 11.8 Å². The summed E-state index contributed by atoms with van der Waals surface area (Å²) in [5, 5.41) is 6.71. The summed E-state index contributed by atoms with van der Waals surface area (Å²) in [7, 11) is 0. The molecule has 1 aliphatic carbocycles. The van der Waals surface area contributed by atoms with E-state index in [1.165, 1.54) is 5.56 Å². The van der Waals surface area contributed by atoms with Gasteiger partial charge in [-0.1, -0.05) is 23.7 Å². The molecule has 1 fully saturated rings. The number of amides is 1. The summed E-state index contributed by atoms with van der Waals surface area (Å²) in [6.07, 6.45) is 0.920. The number of carbonyl (C=O) groups excluding carboxylic acids is 1. The van der Waals surface area contributed by atoms with Crippen LogP contribution in [-0.2, 0) is 11.3 Å². The topological polar surface area (TPSA) is 42.0 Å². The van der Waals surface area contributed by atoms with Crippen molar-refractivity contribution in [1.82, 2.24) is 10.3 Å². The Balaban J connectivity index is 1.53. The van der Waals surface area contributed by atoms with Crippen LogP contribution in [0.3, 0.4) is 0 Å². The number of aryl methyl sites for hydroxylation is 1. The average Bonchev–Trinajstić information content (AvgIpc) is 3.13. The predicted molar refractivity (Wildman–Crippen MR) is 81.0 cm³/mol. The van der Waals surface area contributed by atoms with E-state index >= 15 is 0 Å². The van der Waals surface area contributed by atoms with Crippen LogP contribution in [0.25, 0.3) is 0 Å². The highest BCUT2D eigenvalue weighted by Crippen LogP contribution is 2.47. The number of thiazole rings is 1. The summed E-state index contributed by atoms with van der Waals surface area (Å²) in [5.74, 6) is 0.552. The van der Waals surface area contributed by atoms with Gasteiger partial charge in [0.05, 0.1) is 17.2 Å². The molecule has 1 N–H and O–H groups in total. The van der Waals surface area contributed by atoms with Crippen molar-refractivity contribution in [3.63, 3.8) is 0 Å². The number of benzene rings is 1. The molecule has 1 amide bonds. The molecular weight excluding hydrogens is 292 g/mol. The van der Waals surface area contributed by atoms with Gasteiger partial charge in [0, 0.05) is 16.3 Å². The van der Waals surface area contributed by atoms with Crippen molar-refractivity contribution >= 4 is 28.8 Å². The van der Waals surface area contributed by atoms with Gasteiger partial charge in [-0.2, -0.15) is 0 Å². The van der Waals surface area contributed by atoms with Crippen molar-refractivity contribution in [3.05, 3.63) is 50.9 Å². The Morgan fingerprint density at radius 3 is 2.85 bits per heavy atom. The van der Waals surface area contributed by atoms with Gasteiger partial charge in [0.15, 0.2) is 0 Å². The number of hydrogen-bond acceptors (Lipinski definition) is 3. The van der Waals surface area contributed by atoms with Crippen molar-refractivity contribution in [3.8, 4) is 0 Å². The molecule has 0 unspecified atom stereocenters. The van der Waals surface area contributed by atoms with Crippen molar-refractivity contribution in [1.29, 1.82) is 0 Å². The lowest BCUT2D eigenvalue weighted by molar-refractivity contribution is -0.122. The molecule has 104 valence electrons. The summed E-state index contributed by atoms with van der Waals surface area (Å²) in [6.45, 7) is 2.49. The Hall–Kier alpha value is -1.39. The van der Waals surface area contributed by atoms with Gasteiger partial charge in [-0.3, -0.25) is 4.79 Å². The number of aromatic nitrogens is 1. The minimum Gasteiger partial charge on any atom is -0.350 e. The smallest absolute Gasteiger partial charge is 0.224 e. The fourth-order valence-corrected chi connectivity index (χ4v) is 3.10. The third kappa shape index (κ3) is 3.02. The normalized spacial score (nSPS) is 20.7. The van der Waals surface area contributed by atoms with Gasteiger partial charge in [0.25, 0.3) is 0 Å². The fraction of sp³-hybridized carbons (Fsp3) is 0.333. The van der Waals surface area contributed by atoms with Gasteiger partial charge in [0.2, 0.25) is 5.91 Å². The molecule has 3 rings (SSSR count). The van der Waals surface area contributed by atoms with E-state index in [0.717, 1.165) is 22.1 Å². The van der Waals surface area contributed by atoms with Gasteiger partial charge in [-0.05, 0) is 37.0 Å². The molecule has 20 heavy (non-hydrogen) atoms. The first-order valence-corrected chi connectivity index (χ1v) is 7.83. The first-order valence-electron chi connectivity index (χ1n) is 6.57. The second-order valence-corrected chi connectivity index (χ2v) is 6.57. The number of rotatable bonds is 4. The third-order valence-corrected chi connectivity index (χ3v) is 4.61. The van der Waals surface area contributed by atoms with Gasteiger partial charge >= 0.3 is 0 Å². The number of nitrogens with zero attached hydrogens (tertiary/aromatic N) is 1. The van der Waals surface area contributed by atoms with E-state index in [0.29, 0.717) is 12.5 Å². The van der Waals surface area contributed by atoms with E-state index in [2.05, 4.69) is 10.3 Å². The fourth-order valence-electron chi connectivity index (χ4n) is 2.36. The SMILES string of the molecule is Cc1nc(CNC(=O)[C@@H]2C[C@H]2c2ccc(Cl)cc2)cs1. The second kappa shape index (κ2) is 5.54. The minimum absolute atomic E-state index is 0.0934. The van der Waals surface area contributed by atoms with Gasteiger partial charge in [-0.15, -0.1) is 11.3 Å². The minimum atomic E-state index is 0.0934. The van der Waals surface area contributed by atoms with Crippen LogP contribution in [0.1, 0.15) is 28.6 Å². The van der Waals surface area contributed by atoms with Crippen LogP contribution in [0.5, 0.6) is 0 Å². The van der Waals surface area contributed by atoms with Gasteiger partial charge in [0.1, 0.15) is 0 Å². The lowest BCUT2D eigenvalue weighted by Crippen LogP contribution is -2.25. The Morgan fingerprint density at radius 2 is 2.20 bits per heavy atom. The summed E-state index contributed by atoms with van der Waals surface area (Å²) < 4.78 is 0. The molecule has 2 atom stereocenters. The maximum atomic E-state index is 12.1. The molecule has 1 heterocycles. The van der Waals surface area contributed by atoms with E-state index < -0.39 is 0 Å². The Morgan fingerprint density at radius 1 is 1.45 bits per heavy atom. The molecule has 0 aliphatic heterocycles. The highest BCUT2D eigenvalue weighted by Gasteiger charge is 2.43. The number of carbonyl (C=O) groups is 1. The van der Waals surface area contributed by atoms with Crippen LogP contribution in [0.15, 0.2) is 29.6 Å². The lowest BCUT2D eigenvalue weighted by Gasteiger charge is -2.03. The first-order chi connectivity index (χ1) is 9.63. The van der Waals surface area contributed by atoms with Crippen molar-refractivity contribution < 1.29 is 4.79 Å². The van der Waals surface area contributed by atoms with E-state index in [4.69, 9.17) is 11.6 Å². The zero-order valence-electron chi connectivity index (χ0n) is 11.1. The average molecular weight is 307 g/mol. The quantitative estimate of drug-likeness (QED) is 0.939. The highest BCUT2D eigenvalue weighted by molar-refractivity contribution is 7.09. The van der Waals surface area contributed by atoms with E-state index in [1.54, 1.807) is 11.3 Å². The Bertz CT molecular complexity index is 623. The molecule has 1 aromatic carbocycles. The Labute approximate surface area is 127 Å². The van der Waals surface area contributed by atoms with E-state index in [1.807, 2.05) is 36.6 Å². The maximum Gasteiger partial charge on any atom is 0.224 e. The molecular formula is C15H15ClN2OS. The molecule has 0 spiro atoms. The van der Waals surface area contributed by atoms with E-state index in [9.17, 15) is 4.79 Å². The monoisotopic (exact) mass is 306 g/mol. The molecule has 0 saturated heterocycles. The summed E-state index contributed by atoms with van der Waals surface area (Å²) in [5.41, 5.74) is 2.13. The molecule has 0 bridgehead atoms. The lowest BCUT2D eigenvalue weighted by atomic mass is 10.1. The Kier molecular flexibility index (Phi) is 3.76. The molecule has 5 heteroatoms. The van der Waals surface area contributed by atoms with Crippen LogP contribution in [0, 0.1) is 12.8 Å². The number of hydrogen-bond donors (Lipinski definition) is 1. The zero-order valence-corrected chi connectivity index (χ0v) is 12.7. The second-order valence-electron chi connectivity index (χ2n) is 5.08. The van der Waals surface area contributed by atoms with Crippen LogP contribution < -0.4 is 5.32 Å². The van der Waals surface area contributed by atoms with Crippen LogP contribution in [0.4, 0.5) is 0 Å². The maximum absolute atomic E-state index is 12.1. The molecule has 1 saturated carbocycles. The third-order valence-electron chi connectivity index (χ3n) is 3.54. The summed E-state index contributed by atoms with van der Waals surface area (Å²) >= 11 is 7.47. The number of halogens is 1. The van der Waals surface area contributed by atoms with Crippen molar-refractivity contribution in [2.45, 2.75) is 25.8 Å². The molecule has 0 radical (unpaired) electrons. The molecule has 2 aromatic rings. The molecule has 1 aliphatic rings. The predicted octanol–water partition coefficient (Wildman–Crippen LogP) is 3.52. The van der Waals surface area contributed by atoms with Crippen LogP contribution >= 0.6 is 22.9 Å². The summed E-state index contributed by atoms with van der Waals surface area (Å²) in [6, 6.07) is 7.76.